The van der Waals surface area contributed by atoms with Gasteiger partial charge in [-0.3, -0.25) is 0 Å². The summed E-state index contributed by atoms with van der Waals surface area (Å²) < 4.78 is 2.48. The zero-order valence-electron chi connectivity index (χ0n) is 31.8. The van der Waals surface area contributed by atoms with E-state index in [9.17, 15) is 0 Å². The molecule has 0 atom stereocenters. The number of benzene rings is 10. The summed E-state index contributed by atoms with van der Waals surface area (Å²) >= 11 is 0. The third kappa shape index (κ3) is 5.74. The minimum atomic E-state index is 1.08. The number of rotatable bonds is 7. The molecular formula is C56H38N2. The van der Waals surface area contributed by atoms with E-state index >= 15 is 0 Å². The van der Waals surface area contributed by atoms with Crippen LogP contribution in [0.2, 0.25) is 0 Å². The largest absolute Gasteiger partial charge is 0.310 e. The van der Waals surface area contributed by atoms with E-state index in [1.165, 1.54) is 71.2 Å². The predicted molar refractivity (Wildman–Crippen MR) is 247 cm³/mol. The molecule has 11 aromatic rings. The molecule has 1 heterocycles. The number of hydrogen-bond acceptors (Lipinski definition) is 1. The van der Waals surface area contributed by atoms with Gasteiger partial charge in [0.15, 0.2) is 0 Å². The molecule has 0 saturated heterocycles. The van der Waals surface area contributed by atoms with Gasteiger partial charge in [0.05, 0.1) is 16.7 Å². The van der Waals surface area contributed by atoms with Gasteiger partial charge in [0.25, 0.3) is 0 Å². The Labute approximate surface area is 338 Å². The summed E-state index contributed by atoms with van der Waals surface area (Å²) in [6, 6.07) is 83.8. The van der Waals surface area contributed by atoms with Crippen LogP contribution in [0.15, 0.2) is 231 Å². The highest BCUT2D eigenvalue weighted by Crippen LogP contribution is 2.45. The zero-order chi connectivity index (χ0) is 38.4. The van der Waals surface area contributed by atoms with Crippen LogP contribution >= 0.6 is 0 Å². The maximum absolute atomic E-state index is 2.48. The second-order valence-electron chi connectivity index (χ2n) is 14.9. The molecule has 0 radical (unpaired) electrons. The van der Waals surface area contributed by atoms with Crippen molar-refractivity contribution in [1.29, 1.82) is 0 Å². The first-order valence-electron chi connectivity index (χ1n) is 19.9. The molecule has 0 bridgehead atoms. The topological polar surface area (TPSA) is 8.17 Å². The van der Waals surface area contributed by atoms with E-state index in [0.717, 1.165) is 28.3 Å². The molecule has 0 unspecified atom stereocenters. The van der Waals surface area contributed by atoms with Crippen LogP contribution in [0, 0.1) is 0 Å². The second-order valence-corrected chi connectivity index (χ2v) is 14.9. The maximum Gasteiger partial charge on any atom is 0.0562 e. The van der Waals surface area contributed by atoms with Crippen molar-refractivity contribution in [3.8, 4) is 39.1 Å². The number of anilines is 3. The fourth-order valence-electron chi connectivity index (χ4n) is 8.87. The first-order chi connectivity index (χ1) is 28.8. The predicted octanol–water partition coefficient (Wildman–Crippen LogP) is 15.6. The van der Waals surface area contributed by atoms with Crippen LogP contribution in [-0.2, 0) is 0 Å². The van der Waals surface area contributed by atoms with Crippen molar-refractivity contribution in [2.45, 2.75) is 0 Å². The molecule has 0 fully saturated rings. The number of nitrogens with zero attached hydrogens (tertiary/aromatic N) is 2. The third-order valence-electron chi connectivity index (χ3n) is 11.5. The number of hydrogen-bond donors (Lipinski definition) is 0. The second kappa shape index (κ2) is 14.1. The highest BCUT2D eigenvalue weighted by molar-refractivity contribution is 6.11. The Morgan fingerprint density at radius 1 is 0.276 bits per heavy atom. The van der Waals surface area contributed by atoms with E-state index in [2.05, 4.69) is 240 Å². The number of para-hydroxylation sites is 2. The third-order valence-corrected chi connectivity index (χ3v) is 11.5. The highest BCUT2D eigenvalue weighted by Gasteiger charge is 2.21. The van der Waals surface area contributed by atoms with Gasteiger partial charge in [-0.2, -0.15) is 0 Å². The van der Waals surface area contributed by atoms with Gasteiger partial charge in [-0.05, 0) is 104 Å². The van der Waals surface area contributed by atoms with E-state index in [-0.39, 0.29) is 0 Å². The van der Waals surface area contributed by atoms with Gasteiger partial charge in [-0.25, -0.2) is 0 Å². The minimum absolute atomic E-state index is 1.08. The van der Waals surface area contributed by atoms with Gasteiger partial charge in [0.2, 0.25) is 0 Å². The Hall–Kier alpha value is -7.68. The standard InChI is InChI=1S/C56H38N2/c1-4-17-40(18-5-1)52-37-45(31-33-49(52)48-29-16-24-39-21-12-13-27-47(39)48)57(44-25-8-3-9-26-44)46-32-34-51-50-28-14-15-30-54(50)58(56(51)38-46)55-36-43-23-11-10-22-42(43)35-53(55)41-19-6-2-7-20-41/h1-38H. The summed E-state index contributed by atoms with van der Waals surface area (Å²) in [4.78, 5) is 2.40. The van der Waals surface area contributed by atoms with Crippen molar-refractivity contribution in [3.63, 3.8) is 0 Å². The van der Waals surface area contributed by atoms with Crippen LogP contribution in [0.25, 0.3) is 82.4 Å². The summed E-state index contributed by atoms with van der Waals surface area (Å²) in [6.45, 7) is 0. The van der Waals surface area contributed by atoms with E-state index in [0.29, 0.717) is 0 Å². The quantitative estimate of drug-likeness (QED) is 0.158. The van der Waals surface area contributed by atoms with E-state index in [4.69, 9.17) is 0 Å². The van der Waals surface area contributed by atoms with Gasteiger partial charge in [-0.1, -0.05) is 176 Å². The van der Waals surface area contributed by atoms with Gasteiger partial charge in [0, 0.05) is 33.4 Å². The fraction of sp³-hybridized carbons (Fsp3) is 0. The Morgan fingerprint density at radius 2 is 0.828 bits per heavy atom. The molecule has 272 valence electrons. The van der Waals surface area contributed by atoms with Gasteiger partial charge in [-0.15, -0.1) is 0 Å². The van der Waals surface area contributed by atoms with Crippen molar-refractivity contribution in [2.24, 2.45) is 0 Å². The summed E-state index contributed by atoms with van der Waals surface area (Å²) in [7, 11) is 0. The van der Waals surface area contributed by atoms with E-state index in [1.54, 1.807) is 0 Å². The molecule has 0 aliphatic carbocycles. The summed E-state index contributed by atoms with van der Waals surface area (Å²) in [5, 5.41) is 7.37. The molecule has 11 rings (SSSR count). The maximum atomic E-state index is 2.48. The normalized spacial score (nSPS) is 11.4. The van der Waals surface area contributed by atoms with Gasteiger partial charge in [0.1, 0.15) is 0 Å². The summed E-state index contributed by atoms with van der Waals surface area (Å²) in [6.07, 6.45) is 0. The van der Waals surface area contributed by atoms with Crippen molar-refractivity contribution in [1.82, 2.24) is 4.57 Å². The van der Waals surface area contributed by atoms with Crippen molar-refractivity contribution in [2.75, 3.05) is 4.90 Å². The molecule has 0 aliphatic rings. The van der Waals surface area contributed by atoms with Crippen molar-refractivity contribution >= 4 is 60.4 Å². The molecule has 10 aromatic carbocycles. The number of fused-ring (bicyclic) bond motifs is 5. The first-order valence-corrected chi connectivity index (χ1v) is 19.9. The van der Waals surface area contributed by atoms with E-state index < -0.39 is 0 Å². The van der Waals surface area contributed by atoms with E-state index in [1.807, 2.05) is 0 Å². The molecule has 0 aliphatic heterocycles. The monoisotopic (exact) mass is 738 g/mol. The Morgan fingerprint density at radius 3 is 1.59 bits per heavy atom. The molecule has 0 amide bonds. The molecule has 0 saturated carbocycles. The van der Waals surface area contributed by atoms with Crippen molar-refractivity contribution < 1.29 is 0 Å². The van der Waals surface area contributed by atoms with Gasteiger partial charge >= 0.3 is 0 Å². The highest BCUT2D eigenvalue weighted by atomic mass is 15.1. The molecule has 2 heteroatoms. The fourth-order valence-corrected chi connectivity index (χ4v) is 8.87. The van der Waals surface area contributed by atoms with Crippen LogP contribution in [0.4, 0.5) is 17.1 Å². The zero-order valence-corrected chi connectivity index (χ0v) is 31.8. The molecule has 0 N–H and O–H groups in total. The van der Waals surface area contributed by atoms with Crippen molar-refractivity contribution in [3.05, 3.63) is 231 Å². The smallest absolute Gasteiger partial charge is 0.0562 e. The summed E-state index contributed by atoms with van der Waals surface area (Å²) in [5.41, 5.74) is 14.0. The molecule has 58 heavy (non-hydrogen) atoms. The molecule has 0 spiro atoms. The lowest BCUT2D eigenvalue weighted by atomic mass is 9.91. The van der Waals surface area contributed by atoms with Gasteiger partial charge < -0.3 is 9.47 Å². The van der Waals surface area contributed by atoms with Crippen LogP contribution in [0.3, 0.4) is 0 Å². The van der Waals surface area contributed by atoms with Crippen LogP contribution in [0.5, 0.6) is 0 Å². The lowest BCUT2D eigenvalue weighted by molar-refractivity contribution is 1.18. The van der Waals surface area contributed by atoms with Crippen LogP contribution < -0.4 is 4.90 Å². The SMILES string of the molecule is c1ccc(-c2cc(N(c3ccccc3)c3ccc4c5ccccc5n(-c5cc6ccccc6cc5-c5ccccc5)c4c3)ccc2-c2cccc3ccccc23)cc1. The first kappa shape index (κ1) is 33.6. The van der Waals surface area contributed by atoms with Crippen LogP contribution in [0.1, 0.15) is 0 Å². The Balaban J connectivity index is 1.17. The molecule has 1 aromatic heterocycles. The Kier molecular flexibility index (Phi) is 8.19. The Bertz CT molecular complexity index is 3270. The number of aromatic nitrogens is 1. The average molecular weight is 739 g/mol. The summed E-state index contributed by atoms with van der Waals surface area (Å²) in [5.74, 6) is 0. The average Bonchev–Trinajstić information content (AvgIpc) is 3.63. The minimum Gasteiger partial charge on any atom is -0.310 e. The molecular weight excluding hydrogens is 701 g/mol. The lowest BCUT2D eigenvalue weighted by Crippen LogP contribution is -2.10. The van der Waals surface area contributed by atoms with Crippen LogP contribution in [-0.4, -0.2) is 4.57 Å². The lowest BCUT2D eigenvalue weighted by Gasteiger charge is -2.27. The molecule has 2 nitrogen and oxygen atoms in total.